The maximum atomic E-state index is 12.8. The van der Waals surface area contributed by atoms with Crippen LogP contribution in [0.15, 0.2) is 53.4 Å². The molecule has 0 atom stereocenters. The summed E-state index contributed by atoms with van der Waals surface area (Å²) in [5.41, 5.74) is 1.77. The van der Waals surface area contributed by atoms with Gasteiger partial charge in [0, 0.05) is 24.6 Å². The number of anilines is 1. The van der Waals surface area contributed by atoms with Crippen LogP contribution in [-0.4, -0.2) is 49.0 Å². The van der Waals surface area contributed by atoms with Crippen molar-refractivity contribution >= 4 is 38.6 Å². The van der Waals surface area contributed by atoms with Crippen molar-refractivity contribution in [2.24, 2.45) is 0 Å². The number of ether oxygens (including phenoxy) is 1. The van der Waals surface area contributed by atoms with E-state index in [4.69, 9.17) is 4.74 Å². The lowest BCUT2D eigenvalue weighted by atomic mass is 10.2. The van der Waals surface area contributed by atoms with E-state index in [9.17, 15) is 13.2 Å². The Balaban J connectivity index is 1.85. The number of aromatic nitrogens is 2. The molecule has 1 amide bonds. The molecule has 158 valence electrons. The first-order valence-corrected chi connectivity index (χ1v) is 10.9. The summed E-state index contributed by atoms with van der Waals surface area (Å²) in [7, 11) is -2.21. The van der Waals surface area contributed by atoms with Crippen LogP contribution >= 0.6 is 0 Å². The Hall–Kier alpha value is -3.17. The third-order valence-corrected chi connectivity index (χ3v) is 6.71. The van der Waals surface area contributed by atoms with Gasteiger partial charge in [-0.15, -0.1) is 0 Å². The van der Waals surface area contributed by atoms with E-state index < -0.39 is 15.9 Å². The van der Waals surface area contributed by atoms with Crippen molar-refractivity contribution in [3.8, 4) is 5.75 Å². The Labute approximate surface area is 175 Å². The Kier molecular flexibility index (Phi) is 6.53. The fourth-order valence-corrected chi connectivity index (χ4v) is 4.58. The third kappa shape index (κ3) is 4.37. The average molecular weight is 429 g/mol. The Morgan fingerprint density at radius 1 is 1.20 bits per heavy atom. The van der Waals surface area contributed by atoms with Crippen LogP contribution in [0.25, 0.3) is 17.0 Å². The summed E-state index contributed by atoms with van der Waals surface area (Å²) in [5, 5.41) is 10.7. The fraction of sp³-hybridized carbons (Fsp3) is 0.238. The van der Waals surface area contributed by atoms with E-state index in [1.807, 2.05) is 24.3 Å². The number of methoxy groups -OCH3 is 1. The zero-order valence-corrected chi connectivity index (χ0v) is 17.9. The molecule has 0 radical (unpaired) electrons. The van der Waals surface area contributed by atoms with Gasteiger partial charge in [-0.2, -0.15) is 9.40 Å². The molecule has 0 saturated carbocycles. The number of benzene rings is 2. The molecule has 3 aromatic rings. The summed E-state index contributed by atoms with van der Waals surface area (Å²) in [4.78, 5) is 12.6. The number of para-hydroxylation sites is 1. The second-order valence-electron chi connectivity index (χ2n) is 6.43. The second-order valence-corrected chi connectivity index (χ2v) is 8.37. The molecule has 1 heterocycles. The van der Waals surface area contributed by atoms with Crippen molar-refractivity contribution in [3.05, 3.63) is 54.2 Å². The third-order valence-electron chi connectivity index (χ3n) is 4.66. The molecule has 2 aromatic carbocycles. The number of sulfonamides is 1. The lowest BCUT2D eigenvalue weighted by molar-refractivity contribution is -0.111. The van der Waals surface area contributed by atoms with E-state index in [-0.39, 0.29) is 10.6 Å². The Bertz CT molecular complexity index is 1180. The summed E-state index contributed by atoms with van der Waals surface area (Å²) >= 11 is 0. The van der Waals surface area contributed by atoms with Crippen LogP contribution in [0.1, 0.15) is 19.5 Å². The number of carbonyl (C=O) groups is 1. The minimum atomic E-state index is -3.66. The highest BCUT2D eigenvalue weighted by Crippen LogP contribution is 2.29. The number of hydrogen-bond donors (Lipinski definition) is 2. The summed E-state index contributed by atoms with van der Waals surface area (Å²) in [5.74, 6) is -0.0711. The van der Waals surface area contributed by atoms with Gasteiger partial charge in [-0.05, 0) is 30.3 Å². The first-order valence-electron chi connectivity index (χ1n) is 9.51. The predicted octanol–water partition coefficient (Wildman–Crippen LogP) is 3.25. The number of amides is 1. The first-order chi connectivity index (χ1) is 14.4. The zero-order chi connectivity index (χ0) is 21.7. The quantitative estimate of drug-likeness (QED) is 0.536. The molecule has 0 spiro atoms. The molecule has 1 aromatic heterocycles. The van der Waals surface area contributed by atoms with Crippen molar-refractivity contribution in [3.63, 3.8) is 0 Å². The van der Waals surface area contributed by atoms with E-state index in [1.54, 1.807) is 19.9 Å². The standard InChI is InChI=1S/C21H24N4O4S/c1-4-25(5-2)30(27,28)15-10-12-20(29-3)19(14-15)22-21(26)13-11-18-16-8-6-7-9-17(16)23-24-18/h6-14H,4-5H2,1-3H3,(H,22,26)(H,23,24)/b13-11+. The van der Waals surface area contributed by atoms with Gasteiger partial charge in [0.15, 0.2) is 0 Å². The molecule has 0 aliphatic rings. The van der Waals surface area contributed by atoms with Gasteiger partial charge in [0.05, 0.1) is 28.9 Å². The van der Waals surface area contributed by atoms with E-state index in [0.29, 0.717) is 24.5 Å². The number of nitrogens with one attached hydrogen (secondary N) is 2. The summed E-state index contributed by atoms with van der Waals surface area (Å²) in [6, 6.07) is 12.0. The van der Waals surface area contributed by atoms with Gasteiger partial charge in [0.25, 0.3) is 0 Å². The van der Waals surface area contributed by atoms with Crippen LogP contribution in [0.3, 0.4) is 0 Å². The molecule has 9 heteroatoms. The number of fused-ring (bicyclic) bond motifs is 1. The van der Waals surface area contributed by atoms with Crippen molar-refractivity contribution in [2.75, 3.05) is 25.5 Å². The van der Waals surface area contributed by atoms with Gasteiger partial charge in [-0.1, -0.05) is 32.0 Å². The van der Waals surface area contributed by atoms with Crippen molar-refractivity contribution < 1.29 is 17.9 Å². The number of nitrogens with zero attached hydrogens (tertiary/aromatic N) is 2. The van der Waals surface area contributed by atoms with Crippen LogP contribution < -0.4 is 10.1 Å². The molecule has 2 N–H and O–H groups in total. The van der Waals surface area contributed by atoms with Gasteiger partial charge >= 0.3 is 0 Å². The number of carbonyl (C=O) groups excluding carboxylic acids is 1. The molecular formula is C21H24N4O4S. The van der Waals surface area contributed by atoms with Crippen LogP contribution in [-0.2, 0) is 14.8 Å². The highest BCUT2D eigenvalue weighted by Gasteiger charge is 2.23. The smallest absolute Gasteiger partial charge is 0.248 e. The summed E-state index contributed by atoms with van der Waals surface area (Å²) in [6.07, 6.45) is 2.94. The average Bonchev–Trinajstić information content (AvgIpc) is 3.16. The fourth-order valence-electron chi connectivity index (χ4n) is 3.10. The van der Waals surface area contributed by atoms with Crippen LogP contribution in [0.4, 0.5) is 5.69 Å². The molecule has 0 saturated heterocycles. The van der Waals surface area contributed by atoms with E-state index in [2.05, 4.69) is 15.5 Å². The largest absolute Gasteiger partial charge is 0.495 e. The first kappa shape index (κ1) is 21.5. The van der Waals surface area contributed by atoms with Crippen molar-refractivity contribution in [1.82, 2.24) is 14.5 Å². The topological polar surface area (TPSA) is 104 Å². The van der Waals surface area contributed by atoms with Gasteiger partial charge < -0.3 is 10.1 Å². The maximum absolute atomic E-state index is 12.8. The number of rotatable bonds is 8. The van der Waals surface area contributed by atoms with Gasteiger partial charge in [-0.3, -0.25) is 9.89 Å². The highest BCUT2D eigenvalue weighted by molar-refractivity contribution is 7.89. The number of aromatic amines is 1. The number of hydrogen-bond acceptors (Lipinski definition) is 5. The van der Waals surface area contributed by atoms with Crippen molar-refractivity contribution in [1.29, 1.82) is 0 Å². The molecular weight excluding hydrogens is 404 g/mol. The minimum absolute atomic E-state index is 0.0876. The van der Waals surface area contributed by atoms with Gasteiger partial charge in [0.1, 0.15) is 5.75 Å². The zero-order valence-electron chi connectivity index (χ0n) is 17.0. The molecule has 0 unspecified atom stereocenters. The lowest BCUT2D eigenvalue weighted by Gasteiger charge is -2.19. The van der Waals surface area contributed by atoms with Crippen LogP contribution in [0.5, 0.6) is 5.75 Å². The Morgan fingerprint density at radius 2 is 1.93 bits per heavy atom. The molecule has 0 aliphatic heterocycles. The molecule has 0 aliphatic carbocycles. The van der Waals surface area contributed by atoms with Gasteiger partial charge in [-0.25, -0.2) is 8.42 Å². The molecule has 3 rings (SSSR count). The number of H-pyrrole nitrogens is 1. The SMILES string of the molecule is CCN(CC)S(=O)(=O)c1ccc(OC)c(NC(=O)/C=C/c2n[nH]c3ccccc23)c1. The molecule has 8 nitrogen and oxygen atoms in total. The second kappa shape index (κ2) is 9.10. The molecule has 0 fully saturated rings. The normalized spacial score (nSPS) is 12.0. The van der Waals surface area contributed by atoms with Crippen LogP contribution in [0, 0.1) is 0 Å². The molecule has 0 bridgehead atoms. The maximum Gasteiger partial charge on any atom is 0.248 e. The van der Waals surface area contributed by atoms with Crippen molar-refractivity contribution in [2.45, 2.75) is 18.7 Å². The predicted molar refractivity (Wildman–Crippen MR) is 117 cm³/mol. The monoisotopic (exact) mass is 428 g/mol. The molecule has 30 heavy (non-hydrogen) atoms. The minimum Gasteiger partial charge on any atom is -0.495 e. The Morgan fingerprint density at radius 3 is 2.63 bits per heavy atom. The summed E-state index contributed by atoms with van der Waals surface area (Å²) < 4.78 is 32.2. The van der Waals surface area contributed by atoms with E-state index >= 15 is 0 Å². The lowest BCUT2D eigenvalue weighted by Crippen LogP contribution is -2.30. The van der Waals surface area contributed by atoms with E-state index in [0.717, 1.165) is 10.9 Å². The van der Waals surface area contributed by atoms with E-state index in [1.165, 1.54) is 35.7 Å². The highest BCUT2D eigenvalue weighted by atomic mass is 32.2. The van der Waals surface area contributed by atoms with Crippen LogP contribution in [0.2, 0.25) is 0 Å². The van der Waals surface area contributed by atoms with Gasteiger partial charge in [0.2, 0.25) is 15.9 Å². The summed E-state index contributed by atoms with van der Waals surface area (Å²) in [6.45, 7) is 4.26.